The Kier molecular flexibility index (Phi) is 5.94. The van der Waals surface area contributed by atoms with Crippen molar-refractivity contribution in [1.29, 1.82) is 0 Å². The molecule has 2 aromatic carbocycles. The highest BCUT2D eigenvalue weighted by Crippen LogP contribution is 2.23. The van der Waals surface area contributed by atoms with Gasteiger partial charge < -0.3 is 10.4 Å². The lowest BCUT2D eigenvalue weighted by molar-refractivity contribution is -0.136. The molecule has 24 heavy (non-hydrogen) atoms. The first-order chi connectivity index (χ1) is 11.4. The molecule has 0 aliphatic carbocycles. The molecule has 0 unspecified atom stereocenters. The molecule has 3 N–H and O–H groups in total. The predicted octanol–water partition coefficient (Wildman–Crippen LogP) is 3.21. The van der Waals surface area contributed by atoms with Crippen molar-refractivity contribution in [2.75, 3.05) is 5.32 Å². The maximum atomic E-state index is 11.8. The average molecular weight is 411 g/mol. The van der Waals surface area contributed by atoms with Crippen LogP contribution in [0.1, 0.15) is 11.1 Å². The van der Waals surface area contributed by atoms with E-state index >= 15 is 0 Å². The molecule has 0 saturated carbocycles. The Morgan fingerprint density at radius 1 is 1.25 bits per heavy atom. The van der Waals surface area contributed by atoms with Gasteiger partial charge >= 0.3 is 11.8 Å². The van der Waals surface area contributed by atoms with Crippen molar-refractivity contribution in [2.24, 2.45) is 5.10 Å². The number of benzene rings is 2. The maximum absolute atomic E-state index is 11.8. The lowest BCUT2D eigenvalue weighted by Crippen LogP contribution is -2.32. The minimum atomic E-state index is -0.944. The number of nitrogens with one attached hydrogen (secondary N) is 2. The van der Waals surface area contributed by atoms with Crippen LogP contribution in [0.2, 0.25) is 5.02 Å². The summed E-state index contributed by atoms with van der Waals surface area (Å²) >= 11 is 9.21. The molecule has 0 aliphatic rings. The lowest BCUT2D eigenvalue weighted by atomic mass is 10.2. The van der Waals surface area contributed by atoms with Crippen LogP contribution in [0, 0.1) is 6.92 Å². The molecule has 2 amide bonds. The number of hydrazone groups is 1. The van der Waals surface area contributed by atoms with E-state index in [1.165, 1.54) is 12.3 Å². The van der Waals surface area contributed by atoms with Crippen LogP contribution in [0.3, 0.4) is 0 Å². The molecule has 0 saturated heterocycles. The summed E-state index contributed by atoms with van der Waals surface area (Å²) in [7, 11) is 0. The fourth-order valence-electron chi connectivity index (χ4n) is 1.76. The van der Waals surface area contributed by atoms with Crippen molar-refractivity contribution in [1.82, 2.24) is 5.43 Å². The first kappa shape index (κ1) is 18.0. The van der Waals surface area contributed by atoms with E-state index in [1.807, 2.05) is 0 Å². The Labute approximate surface area is 151 Å². The highest BCUT2D eigenvalue weighted by molar-refractivity contribution is 9.10. The summed E-state index contributed by atoms with van der Waals surface area (Å²) in [5.74, 6) is -1.83. The van der Waals surface area contributed by atoms with E-state index in [2.05, 4.69) is 31.8 Å². The van der Waals surface area contributed by atoms with Crippen molar-refractivity contribution in [3.8, 4) is 5.75 Å². The van der Waals surface area contributed by atoms with Crippen molar-refractivity contribution in [3.05, 3.63) is 57.0 Å². The van der Waals surface area contributed by atoms with Gasteiger partial charge in [0, 0.05) is 20.7 Å². The van der Waals surface area contributed by atoms with Crippen LogP contribution >= 0.6 is 27.5 Å². The number of phenols is 1. The second-order valence-corrected chi connectivity index (χ2v) is 6.09. The zero-order valence-electron chi connectivity index (χ0n) is 12.5. The van der Waals surface area contributed by atoms with E-state index in [1.54, 1.807) is 37.3 Å². The number of hydrogen-bond donors (Lipinski definition) is 3. The van der Waals surface area contributed by atoms with Gasteiger partial charge in [-0.05, 0) is 42.8 Å². The molecule has 0 radical (unpaired) electrons. The second-order valence-electron chi connectivity index (χ2n) is 4.77. The molecule has 8 heteroatoms. The van der Waals surface area contributed by atoms with Crippen LogP contribution in [0.25, 0.3) is 0 Å². The number of nitrogens with zero attached hydrogens (tertiary/aromatic N) is 1. The number of halogens is 2. The summed E-state index contributed by atoms with van der Waals surface area (Å²) in [6, 6.07) is 9.72. The Morgan fingerprint density at radius 3 is 2.75 bits per heavy atom. The first-order valence-corrected chi connectivity index (χ1v) is 7.93. The Bertz CT molecular complexity index is 824. The van der Waals surface area contributed by atoms with E-state index in [4.69, 9.17) is 11.6 Å². The Balaban J connectivity index is 1.99. The van der Waals surface area contributed by atoms with E-state index in [9.17, 15) is 14.7 Å². The Morgan fingerprint density at radius 2 is 2.00 bits per heavy atom. The van der Waals surface area contributed by atoms with Gasteiger partial charge in [0.25, 0.3) is 0 Å². The zero-order chi connectivity index (χ0) is 17.7. The van der Waals surface area contributed by atoms with Crippen molar-refractivity contribution < 1.29 is 14.7 Å². The maximum Gasteiger partial charge on any atom is 0.329 e. The normalized spacial score (nSPS) is 10.6. The summed E-state index contributed by atoms with van der Waals surface area (Å²) < 4.78 is 0.738. The van der Waals surface area contributed by atoms with Crippen LogP contribution < -0.4 is 10.7 Å². The molecule has 6 nitrogen and oxygen atoms in total. The third-order valence-electron chi connectivity index (χ3n) is 3.08. The zero-order valence-corrected chi connectivity index (χ0v) is 14.9. The van der Waals surface area contributed by atoms with Gasteiger partial charge in [0.2, 0.25) is 0 Å². The van der Waals surface area contributed by atoms with Gasteiger partial charge in [-0.2, -0.15) is 5.10 Å². The number of hydrogen-bond acceptors (Lipinski definition) is 4. The van der Waals surface area contributed by atoms with E-state index in [0.717, 1.165) is 4.47 Å². The highest BCUT2D eigenvalue weighted by Gasteiger charge is 2.14. The number of anilines is 1. The first-order valence-electron chi connectivity index (χ1n) is 6.76. The van der Waals surface area contributed by atoms with Gasteiger partial charge in [0.05, 0.1) is 6.21 Å². The third-order valence-corrected chi connectivity index (χ3v) is 3.98. The largest absolute Gasteiger partial charge is 0.507 e. The van der Waals surface area contributed by atoms with Crippen molar-refractivity contribution >= 4 is 51.2 Å². The van der Waals surface area contributed by atoms with Crippen LogP contribution in [-0.2, 0) is 9.59 Å². The number of aromatic hydroxyl groups is 1. The number of phenolic OH excluding ortho intramolecular Hbond substituents is 1. The SMILES string of the molecule is Cc1c(Cl)cccc1NC(=O)C(=O)N/N=C/c1cc(Br)ccc1O. The third kappa shape index (κ3) is 4.56. The van der Waals surface area contributed by atoms with Crippen LogP contribution in [0.5, 0.6) is 5.75 Å². The monoisotopic (exact) mass is 409 g/mol. The minimum Gasteiger partial charge on any atom is -0.507 e. The molecule has 124 valence electrons. The summed E-state index contributed by atoms with van der Waals surface area (Å²) in [5, 5.41) is 16.2. The van der Waals surface area contributed by atoms with Gasteiger partial charge in [-0.15, -0.1) is 0 Å². The average Bonchev–Trinajstić information content (AvgIpc) is 2.54. The standard InChI is InChI=1S/C16H13BrClN3O3/c1-9-12(18)3-2-4-13(9)20-15(23)16(24)21-19-8-10-7-11(17)5-6-14(10)22/h2-8,22H,1H3,(H,20,23)(H,21,24)/b19-8+. The van der Waals surface area contributed by atoms with E-state index < -0.39 is 11.8 Å². The van der Waals surface area contributed by atoms with Crippen molar-refractivity contribution in [3.63, 3.8) is 0 Å². The van der Waals surface area contributed by atoms with E-state index in [-0.39, 0.29) is 5.75 Å². The smallest absolute Gasteiger partial charge is 0.329 e. The molecule has 0 aromatic heterocycles. The van der Waals surface area contributed by atoms with Gasteiger partial charge in [-0.25, -0.2) is 5.43 Å². The molecule has 2 rings (SSSR count). The van der Waals surface area contributed by atoms with E-state index in [0.29, 0.717) is 21.8 Å². The van der Waals surface area contributed by atoms with Gasteiger partial charge in [0.1, 0.15) is 5.75 Å². The summed E-state index contributed by atoms with van der Waals surface area (Å²) in [6.45, 7) is 1.73. The molecule has 0 atom stereocenters. The minimum absolute atomic E-state index is 0.00444. The second kappa shape index (κ2) is 7.94. The quantitative estimate of drug-likeness (QED) is 0.412. The van der Waals surface area contributed by atoms with Crippen LogP contribution in [0.4, 0.5) is 5.69 Å². The fraction of sp³-hybridized carbons (Fsp3) is 0.0625. The van der Waals surface area contributed by atoms with Gasteiger partial charge in [-0.3, -0.25) is 9.59 Å². The number of carbonyl (C=O) groups excluding carboxylic acids is 2. The summed E-state index contributed by atoms with van der Waals surface area (Å²) in [6.07, 6.45) is 1.23. The van der Waals surface area contributed by atoms with Crippen LogP contribution in [-0.4, -0.2) is 23.1 Å². The molecule has 2 aromatic rings. The summed E-state index contributed by atoms with van der Waals surface area (Å²) in [5.41, 5.74) is 3.57. The van der Waals surface area contributed by atoms with Crippen molar-refractivity contribution in [2.45, 2.75) is 6.92 Å². The fourth-order valence-corrected chi connectivity index (χ4v) is 2.32. The molecule has 0 spiro atoms. The lowest BCUT2D eigenvalue weighted by Gasteiger charge is -2.08. The van der Waals surface area contributed by atoms with Gasteiger partial charge in [0.15, 0.2) is 0 Å². The number of amides is 2. The van der Waals surface area contributed by atoms with Crippen LogP contribution in [0.15, 0.2) is 46.0 Å². The highest BCUT2D eigenvalue weighted by atomic mass is 79.9. The molecule has 0 bridgehead atoms. The predicted molar refractivity (Wildman–Crippen MR) is 96.4 cm³/mol. The number of rotatable bonds is 3. The van der Waals surface area contributed by atoms with Gasteiger partial charge in [-0.1, -0.05) is 33.6 Å². The Hall–Kier alpha value is -2.38. The molecule has 0 fully saturated rings. The summed E-state index contributed by atoms with van der Waals surface area (Å²) in [4.78, 5) is 23.6. The molecular weight excluding hydrogens is 398 g/mol. The number of carbonyl (C=O) groups is 2. The molecular formula is C16H13BrClN3O3. The molecule has 0 aliphatic heterocycles. The molecule has 0 heterocycles. The topological polar surface area (TPSA) is 90.8 Å².